The van der Waals surface area contributed by atoms with E-state index < -0.39 is 0 Å². The van der Waals surface area contributed by atoms with E-state index in [0.717, 1.165) is 22.4 Å². The van der Waals surface area contributed by atoms with Crippen LogP contribution < -0.4 is 10.2 Å². The van der Waals surface area contributed by atoms with Gasteiger partial charge in [0.2, 0.25) is 11.8 Å². The Morgan fingerprint density at radius 2 is 1.72 bits per heavy atom. The van der Waals surface area contributed by atoms with Gasteiger partial charge in [0.25, 0.3) is 0 Å². The van der Waals surface area contributed by atoms with Crippen LogP contribution in [0.15, 0.2) is 48.5 Å². The first-order valence-corrected chi connectivity index (χ1v) is 8.54. The van der Waals surface area contributed by atoms with Crippen molar-refractivity contribution in [3.05, 3.63) is 65.2 Å². The quantitative estimate of drug-likeness (QED) is 0.679. The molecule has 25 heavy (non-hydrogen) atoms. The standard InChI is InChI=1S/C20H17ClN2O2/c21-13-19(24)22-12-11-20(25)23-14-17-7-2-1-5-15(17)9-10-16-6-3-4-8-18(16)23/h1-8H,11-14H2,(H,22,24). The number of anilines is 1. The van der Waals surface area contributed by atoms with Crippen molar-refractivity contribution in [1.82, 2.24) is 5.32 Å². The van der Waals surface area contributed by atoms with Crippen LogP contribution in [0.2, 0.25) is 0 Å². The van der Waals surface area contributed by atoms with Crippen molar-refractivity contribution < 1.29 is 9.59 Å². The topological polar surface area (TPSA) is 49.4 Å². The highest BCUT2D eigenvalue weighted by Gasteiger charge is 2.20. The number of nitrogens with zero attached hydrogens (tertiary/aromatic N) is 1. The zero-order valence-electron chi connectivity index (χ0n) is 13.6. The Hall–Kier alpha value is -2.77. The Kier molecular flexibility index (Phi) is 5.37. The molecule has 2 amide bonds. The predicted octanol–water partition coefficient (Wildman–Crippen LogP) is 2.68. The lowest BCUT2D eigenvalue weighted by molar-refractivity contribution is -0.119. The van der Waals surface area contributed by atoms with Crippen LogP contribution in [0.1, 0.15) is 23.1 Å². The maximum atomic E-state index is 12.8. The van der Waals surface area contributed by atoms with Crippen LogP contribution in [0, 0.1) is 11.8 Å². The number of carbonyl (C=O) groups is 2. The molecule has 0 unspecified atom stereocenters. The molecular weight excluding hydrogens is 336 g/mol. The molecule has 1 aliphatic heterocycles. The zero-order valence-corrected chi connectivity index (χ0v) is 14.3. The van der Waals surface area contributed by atoms with Gasteiger partial charge in [-0.25, -0.2) is 0 Å². The molecule has 1 aliphatic rings. The summed E-state index contributed by atoms with van der Waals surface area (Å²) in [5.74, 6) is 5.89. The van der Waals surface area contributed by atoms with E-state index in [-0.39, 0.29) is 30.7 Å². The van der Waals surface area contributed by atoms with Crippen molar-refractivity contribution in [3.8, 4) is 11.8 Å². The number of nitrogens with one attached hydrogen (secondary N) is 1. The lowest BCUT2D eigenvalue weighted by Gasteiger charge is -2.26. The van der Waals surface area contributed by atoms with Crippen molar-refractivity contribution in [2.75, 3.05) is 17.3 Å². The molecule has 2 aromatic carbocycles. The molecular formula is C20H17ClN2O2. The maximum absolute atomic E-state index is 12.8. The number of fused-ring (bicyclic) bond motifs is 2. The molecule has 3 rings (SSSR count). The van der Waals surface area contributed by atoms with E-state index in [1.165, 1.54) is 0 Å². The van der Waals surface area contributed by atoms with Gasteiger partial charge in [-0.2, -0.15) is 0 Å². The molecule has 0 aromatic heterocycles. The van der Waals surface area contributed by atoms with Crippen LogP contribution in [-0.4, -0.2) is 24.2 Å². The smallest absolute Gasteiger partial charge is 0.234 e. The summed E-state index contributed by atoms with van der Waals surface area (Å²) in [5, 5.41) is 2.63. The first-order valence-electron chi connectivity index (χ1n) is 8.01. The molecule has 0 saturated carbocycles. The molecule has 4 nitrogen and oxygen atoms in total. The van der Waals surface area contributed by atoms with Crippen molar-refractivity contribution >= 4 is 29.1 Å². The minimum absolute atomic E-state index is 0.0687. The molecule has 126 valence electrons. The number of halogens is 1. The minimum Gasteiger partial charge on any atom is -0.355 e. The SMILES string of the molecule is O=C(CCl)NCCC(=O)N1Cc2ccccc2C#Cc2ccccc21. The fourth-order valence-electron chi connectivity index (χ4n) is 2.70. The average molecular weight is 353 g/mol. The summed E-state index contributed by atoms with van der Waals surface area (Å²) in [6, 6.07) is 15.4. The van der Waals surface area contributed by atoms with Gasteiger partial charge in [0, 0.05) is 24.1 Å². The lowest BCUT2D eigenvalue weighted by Crippen LogP contribution is -2.35. The van der Waals surface area contributed by atoms with Crippen LogP contribution in [0.4, 0.5) is 5.69 Å². The Morgan fingerprint density at radius 3 is 2.52 bits per heavy atom. The molecule has 1 heterocycles. The van der Waals surface area contributed by atoms with Gasteiger partial charge in [-0.1, -0.05) is 42.2 Å². The predicted molar refractivity (Wildman–Crippen MR) is 98.4 cm³/mol. The Morgan fingerprint density at radius 1 is 1.04 bits per heavy atom. The van der Waals surface area contributed by atoms with Crippen molar-refractivity contribution in [2.45, 2.75) is 13.0 Å². The van der Waals surface area contributed by atoms with Crippen molar-refractivity contribution in [2.24, 2.45) is 0 Å². The van der Waals surface area contributed by atoms with Gasteiger partial charge in [-0.3, -0.25) is 9.59 Å². The molecule has 1 N–H and O–H groups in total. The minimum atomic E-state index is -0.279. The van der Waals surface area contributed by atoms with Crippen LogP contribution >= 0.6 is 11.6 Å². The monoisotopic (exact) mass is 352 g/mol. The van der Waals surface area contributed by atoms with E-state index in [1.807, 2.05) is 48.5 Å². The molecule has 0 radical (unpaired) electrons. The second kappa shape index (κ2) is 7.87. The largest absolute Gasteiger partial charge is 0.355 e. The molecule has 0 fully saturated rings. The molecule has 0 atom stereocenters. The second-order valence-corrected chi connectivity index (χ2v) is 5.91. The third kappa shape index (κ3) is 4.01. The Labute approximate surface area is 151 Å². The van der Waals surface area contributed by atoms with Crippen LogP contribution in [-0.2, 0) is 16.1 Å². The van der Waals surface area contributed by atoms with E-state index in [2.05, 4.69) is 17.2 Å². The molecule has 0 spiro atoms. The number of benzene rings is 2. The highest BCUT2D eigenvalue weighted by Crippen LogP contribution is 2.25. The van der Waals surface area contributed by atoms with E-state index >= 15 is 0 Å². The summed E-state index contributed by atoms with van der Waals surface area (Å²) < 4.78 is 0. The summed E-state index contributed by atoms with van der Waals surface area (Å²) in [5.41, 5.74) is 3.53. The average Bonchev–Trinajstić information content (AvgIpc) is 2.63. The molecule has 0 aliphatic carbocycles. The van der Waals surface area contributed by atoms with Gasteiger partial charge in [0.15, 0.2) is 0 Å². The third-order valence-electron chi connectivity index (χ3n) is 3.96. The Balaban J connectivity index is 1.89. The van der Waals surface area contributed by atoms with Crippen LogP contribution in [0.5, 0.6) is 0 Å². The summed E-state index contributed by atoms with van der Waals surface area (Å²) in [7, 11) is 0. The summed E-state index contributed by atoms with van der Waals surface area (Å²) in [6.07, 6.45) is 0.201. The van der Waals surface area contributed by atoms with Gasteiger partial charge < -0.3 is 10.2 Å². The Bertz CT molecular complexity index is 867. The lowest BCUT2D eigenvalue weighted by atomic mass is 10.0. The van der Waals surface area contributed by atoms with Crippen LogP contribution in [0.3, 0.4) is 0 Å². The summed E-state index contributed by atoms with van der Waals surface area (Å²) in [4.78, 5) is 25.8. The number of para-hydroxylation sites is 1. The fraction of sp³-hybridized carbons (Fsp3) is 0.200. The highest BCUT2D eigenvalue weighted by molar-refractivity contribution is 6.27. The molecule has 5 heteroatoms. The van der Waals surface area contributed by atoms with Crippen LogP contribution in [0.25, 0.3) is 0 Å². The highest BCUT2D eigenvalue weighted by atomic mass is 35.5. The van der Waals surface area contributed by atoms with Crippen molar-refractivity contribution in [3.63, 3.8) is 0 Å². The van der Waals surface area contributed by atoms with Gasteiger partial charge in [-0.15, -0.1) is 11.6 Å². The third-order valence-corrected chi connectivity index (χ3v) is 4.20. The van der Waals surface area contributed by atoms with Gasteiger partial charge in [0.1, 0.15) is 5.88 Å². The van der Waals surface area contributed by atoms with Gasteiger partial charge >= 0.3 is 0 Å². The first-order chi connectivity index (χ1) is 12.2. The summed E-state index contributed by atoms with van der Waals surface area (Å²) in [6.45, 7) is 0.709. The van der Waals surface area contributed by atoms with E-state index in [4.69, 9.17) is 11.6 Å². The second-order valence-electron chi connectivity index (χ2n) is 5.64. The molecule has 0 saturated heterocycles. The number of alkyl halides is 1. The number of rotatable bonds is 4. The normalized spacial score (nSPS) is 12.0. The van der Waals surface area contributed by atoms with E-state index in [0.29, 0.717) is 6.54 Å². The number of hydrogen-bond acceptors (Lipinski definition) is 2. The number of hydrogen-bond donors (Lipinski definition) is 1. The van der Waals surface area contributed by atoms with Gasteiger partial charge in [0.05, 0.1) is 12.2 Å². The number of amides is 2. The molecule has 0 bridgehead atoms. The first kappa shape index (κ1) is 17.1. The fourth-order valence-corrected chi connectivity index (χ4v) is 2.79. The van der Waals surface area contributed by atoms with E-state index in [9.17, 15) is 9.59 Å². The maximum Gasteiger partial charge on any atom is 0.234 e. The van der Waals surface area contributed by atoms with Gasteiger partial charge in [-0.05, 0) is 23.8 Å². The van der Waals surface area contributed by atoms with E-state index in [1.54, 1.807) is 4.90 Å². The number of carbonyl (C=O) groups excluding carboxylic acids is 2. The molecule has 2 aromatic rings. The zero-order chi connectivity index (χ0) is 17.6. The van der Waals surface area contributed by atoms with Crippen molar-refractivity contribution in [1.29, 1.82) is 0 Å². The summed E-state index contributed by atoms with van der Waals surface area (Å²) >= 11 is 5.46.